The normalized spacial score (nSPS) is 12.8. The first kappa shape index (κ1) is 21.5. The Morgan fingerprint density at radius 1 is 0.938 bits per heavy atom. The van der Waals surface area contributed by atoms with Gasteiger partial charge in [-0.15, -0.1) is 10.2 Å². The van der Waals surface area contributed by atoms with Gasteiger partial charge in [-0.2, -0.15) is 0 Å². The van der Waals surface area contributed by atoms with Crippen molar-refractivity contribution in [1.82, 2.24) is 15.1 Å². The van der Waals surface area contributed by atoms with Crippen molar-refractivity contribution in [3.63, 3.8) is 0 Å². The van der Waals surface area contributed by atoms with Crippen molar-refractivity contribution in [2.24, 2.45) is 0 Å². The predicted molar refractivity (Wildman–Crippen MR) is 119 cm³/mol. The highest BCUT2D eigenvalue weighted by atomic mass is 32.1. The van der Waals surface area contributed by atoms with Crippen LogP contribution < -0.4 is 5.32 Å². The summed E-state index contributed by atoms with van der Waals surface area (Å²) in [7, 11) is 0. The van der Waals surface area contributed by atoms with Gasteiger partial charge in [0.15, 0.2) is 5.78 Å². The van der Waals surface area contributed by atoms with Crippen LogP contribution in [0.3, 0.4) is 0 Å². The minimum absolute atomic E-state index is 0.0130. The third-order valence-electron chi connectivity index (χ3n) is 5.29. The number of rotatable bonds is 7. The maximum Gasteiger partial charge on any atom is 0.261 e. The molecule has 0 bridgehead atoms. The average molecular weight is 449 g/mol. The average Bonchev–Trinajstić information content (AvgIpc) is 3.32. The molecule has 1 aliphatic heterocycles. The number of imide groups is 1. The number of Topliss-reactive ketones (excluding diaryl/α,β-unsaturated/α-hetero) is 1. The molecule has 4 rings (SSSR count). The largest absolute Gasteiger partial charge is 0.301 e. The van der Waals surface area contributed by atoms with Gasteiger partial charge in [-0.25, -0.2) is 0 Å². The van der Waals surface area contributed by atoms with Gasteiger partial charge in [0, 0.05) is 18.4 Å². The van der Waals surface area contributed by atoms with Crippen LogP contribution in [0, 0.1) is 13.8 Å². The molecule has 32 heavy (non-hydrogen) atoms. The van der Waals surface area contributed by atoms with E-state index in [4.69, 9.17) is 0 Å². The number of anilines is 1. The molecule has 0 radical (unpaired) electrons. The van der Waals surface area contributed by atoms with Crippen molar-refractivity contribution in [1.29, 1.82) is 0 Å². The predicted octanol–water partition coefficient (Wildman–Crippen LogP) is 3.55. The third kappa shape index (κ3) is 4.33. The minimum atomic E-state index is -0.378. The second-order valence-corrected chi connectivity index (χ2v) is 8.58. The molecule has 3 aromatic rings. The molecule has 8 nitrogen and oxygen atoms in total. The summed E-state index contributed by atoms with van der Waals surface area (Å²) in [4.78, 5) is 50.6. The highest BCUT2D eigenvalue weighted by Crippen LogP contribution is 2.26. The van der Waals surface area contributed by atoms with E-state index in [0.717, 1.165) is 27.4 Å². The summed E-state index contributed by atoms with van der Waals surface area (Å²) in [6.45, 7) is 3.89. The zero-order valence-electron chi connectivity index (χ0n) is 17.5. The van der Waals surface area contributed by atoms with E-state index < -0.39 is 0 Å². The van der Waals surface area contributed by atoms with E-state index in [-0.39, 0.29) is 48.0 Å². The Labute approximate surface area is 188 Å². The number of ketones is 1. The fourth-order valence-electron chi connectivity index (χ4n) is 3.35. The first-order valence-corrected chi connectivity index (χ1v) is 10.8. The Morgan fingerprint density at radius 3 is 2.28 bits per heavy atom. The van der Waals surface area contributed by atoms with E-state index in [1.54, 1.807) is 30.3 Å². The van der Waals surface area contributed by atoms with Gasteiger partial charge in [-0.1, -0.05) is 35.6 Å². The summed E-state index contributed by atoms with van der Waals surface area (Å²) in [5.74, 6) is -1.22. The molecule has 2 heterocycles. The molecule has 0 spiro atoms. The molecule has 1 aliphatic rings. The Morgan fingerprint density at radius 2 is 1.62 bits per heavy atom. The van der Waals surface area contributed by atoms with Gasteiger partial charge in [0.2, 0.25) is 11.0 Å². The van der Waals surface area contributed by atoms with Crippen molar-refractivity contribution in [2.75, 3.05) is 5.32 Å². The third-order valence-corrected chi connectivity index (χ3v) is 6.12. The van der Waals surface area contributed by atoms with Gasteiger partial charge in [0.1, 0.15) is 5.01 Å². The highest BCUT2D eigenvalue weighted by Gasteiger charge is 2.35. The van der Waals surface area contributed by atoms with Crippen LogP contribution in [0.1, 0.15) is 60.1 Å². The highest BCUT2D eigenvalue weighted by molar-refractivity contribution is 7.15. The molecule has 0 fully saturated rings. The molecular weight excluding hydrogens is 428 g/mol. The Bertz CT molecular complexity index is 1220. The summed E-state index contributed by atoms with van der Waals surface area (Å²) in [6.07, 6.45) is 0.0914. The van der Waals surface area contributed by atoms with Gasteiger partial charge in [0.05, 0.1) is 17.7 Å². The van der Waals surface area contributed by atoms with E-state index in [1.165, 1.54) is 0 Å². The molecule has 162 valence electrons. The van der Waals surface area contributed by atoms with Crippen LogP contribution in [0.2, 0.25) is 0 Å². The van der Waals surface area contributed by atoms with E-state index in [2.05, 4.69) is 15.5 Å². The smallest absolute Gasteiger partial charge is 0.261 e. The molecule has 0 saturated carbocycles. The summed E-state index contributed by atoms with van der Waals surface area (Å²) in [6, 6.07) is 12.1. The Hall–Kier alpha value is -3.72. The molecule has 0 atom stereocenters. The molecule has 1 aromatic heterocycles. The molecule has 0 saturated heterocycles. The molecule has 9 heteroatoms. The number of hydrogen-bond acceptors (Lipinski definition) is 7. The van der Waals surface area contributed by atoms with Crippen molar-refractivity contribution < 1.29 is 19.2 Å². The summed E-state index contributed by atoms with van der Waals surface area (Å²) in [5.41, 5.74) is 3.44. The number of benzene rings is 2. The van der Waals surface area contributed by atoms with Crippen LogP contribution >= 0.6 is 11.3 Å². The van der Waals surface area contributed by atoms with Gasteiger partial charge >= 0.3 is 0 Å². The van der Waals surface area contributed by atoms with Crippen molar-refractivity contribution in [3.05, 3.63) is 75.3 Å². The number of aryl methyl sites for hydroxylation is 2. The Balaban J connectivity index is 1.32. The monoisotopic (exact) mass is 448 g/mol. The van der Waals surface area contributed by atoms with Crippen LogP contribution in [0.5, 0.6) is 0 Å². The van der Waals surface area contributed by atoms with E-state index in [9.17, 15) is 19.2 Å². The quantitative estimate of drug-likeness (QED) is 0.437. The fourth-order valence-corrected chi connectivity index (χ4v) is 4.10. The molecule has 1 N–H and O–H groups in total. The lowest BCUT2D eigenvalue weighted by Gasteiger charge is -2.10. The van der Waals surface area contributed by atoms with E-state index in [1.807, 2.05) is 26.0 Å². The number of amides is 3. The van der Waals surface area contributed by atoms with Crippen LogP contribution in [0.15, 0.2) is 42.5 Å². The fraction of sp³-hybridized carbons (Fsp3) is 0.217. The van der Waals surface area contributed by atoms with Gasteiger partial charge < -0.3 is 5.32 Å². The van der Waals surface area contributed by atoms with Gasteiger partial charge in [0.25, 0.3) is 11.8 Å². The maximum absolute atomic E-state index is 12.5. The second kappa shape index (κ2) is 8.80. The van der Waals surface area contributed by atoms with Crippen molar-refractivity contribution in [3.8, 4) is 0 Å². The first-order chi connectivity index (χ1) is 15.3. The van der Waals surface area contributed by atoms with E-state index in [0.29, 0.717) is 21.7 Å². The van der Waals surface area contributed by atoms with Gasteiger partial charge in [-0.3, -0.25) is 24.1 Å². The number of fused-ring (bicyclic) bond motifs is 1. The van der Waals surface area contributed by atoms with E-state index >= 15 is 0 Å². The zero-order valence-corrected chi connectivity index (χ0v) is 18.4. The molecule has 2 aromatic carbocycles. The number of aromatic nitrogens is 2. The molecule has 3 amide bonds. The standard InChI is InChI=1S/C23H20N4O4S/c1-13-7-8-15(11-14(13)2)18(28)9-10-19(29)24-23-26-25-20(32-23)12-27-21(30)16-5-3-4-6-17(16)22(27)31/h3-8,11H,9-10,12H2,1-2H3,(H,24,26,29). The first-order valence-electron chi connectivity index (χ1n) is 10.0. The molecular formula is C23H20N4O4S. The Kier molecular flexibility index (Phi) is 5.91. The number of nitrogens with zero attached hydrogens (tertiary/aromatic N) is 3. The lowest BCUT2D eigenvalue weighted by atomic mass is 10.0. The van der Waals surface area contributed by atoms with Crippen LogP contribution in [-0.2, 0) is 11.3 Å². The number of carbonyl (C=O) groups excluding carboxylic acids is 4. The number of hydrogen-bond donors (Lipinski definition) is 1. The lowest BCUT2D eigenvalue weighted by Crippen LogP contribution is -2.29. The zero-order chi connectivity index (χ0) is 22.8. The van der Waals surface area contributed by atoms with Crippen LogP contribution in [-0.4, -0.2) is 38.6 Å². The summed E-state index contributed by atoms with van der Waals surface area (Å²) in [5, 5.41) is 11.2. The topological polar surface area (TPSA) is 109 Å². The van der Waals surface area contributed by atoms with Crippen LogP contribution in [0.25, 0.3) is 0 Å². The van der Waals surface area contributed by atoms with Gasteiger partial charge in [-0.05, 0) is 43.2 Å². The van der Waals surface area contributed by atoms with Crippen molar-refractivity contribution in [2.45, 2.75) is 33.2 Å². The summed E-state index contributed by atoms with van der Waals surface area (Å²) < 4.78 is 0. The van der Waals surface area contributed by atoms with Crippen LogP contribution in [0.4, 0.5) is 5.13 Å². The molecule has 0 aliphatic carbocycles. The van der Waals surface area contributed by atoms with Crippen molar-refractivity contribution >= 4 is 40.0 Å². The number of carbonyl (C=O) groups is 4. The minimum Gasteiger partial charge on any atom is -0.301 e. The SMILES string of the molecule is Cc1ccc(C(=O)CCC(=O)Nc2nnc(CN3C(=O)c4ccccc4C3=O)s2)cc1C. The number of nitrogens with one attached hydrogen (secondary N) is 1. The lowest BCUT2D eigenvalue weighted by molar-refractivity contribution is -0.116. The maximum atomic E-state index is 12.5. The summed E-state index contributed by atoms with van der Waals surface area (Å²) >= 11 is 1.08. The second-order valence-electron chi connectivity index (χ2n) is 7.51. The molecule has 0 unspecified atom stereocenters.